The van der Waals surface area contributed by atoms with Crippen molar-refractivity contribution in [1.82, 2.24) is 4.98 Å². The van der Waals surface area contributed by atoms with Gasteiger partial charge in [0.2, 0.25) is 5.91 Å². The largest absolute Gasteiger partial charge is 0.367 e. The van der Waals surface area contributed by atoms with Crippen molar-refractivity contribution >= 4 is 17.5 Å². The van der Waals surface area contributed by atoms with Gasteiger partial charge in [0, 0.05) is 23.6 Å². The second kappa shape index (κ2) is 4.52. The van der Waals surface area contributed by atoms with Gasteiger partial charge in [-0.05, 0) is 30.3 Å². The van der Waals surface area contributed by atoms with Gasteiger partial charge < -0.3 is 16.0 Å². The molecule has 2 aromatic rings. The van der Waals surface area contributed by atoms with Crippen LogP contribution in [0.25, 0.3) is 0 Å². The third kappa shape index (κ3) is 2.52. The summed E-state index contributed by atoms with van der Waals surface area (Å²) in [5.41, 5.74) is 6.68. The Morgan fingerprint density at radius 1 is 1.06 bits per heavy atom. The predicted molar refractivity (Wildman–Crippen MR) is 63.7 cm³/mol. The number of aromatic nitrogens is 1. The van der Waals surface area contributed by atoms with E-state index >= 15 is 0 Å². The molecule has 0 aliphatic rings. The molecule has 0 aliphatic heterocycles. The van der Waals surface area contributed by atoms with Crippen LogP contribution < -0.4 is 11.1 Å². The molecule has 1 aromatic heterocycles. The zero-order chi connectivity index (χ0) is 12.3. The lowest BCUT2D eigenvalue weighted by molar-refractivity contribution is 0.0998. The number of benzene rings is 1. The molecular weight excluding hydrogens is 218 g/mol. The van der Waals surface area contributed by atoms with Gasteiger partial charge >= 0.3 is 0 Å². The highest BCUT2D eigenvalue weighted by atomic mass is 16.2. The number of hydrogen-bond acceptors (Lipinski definition) is 2. The molecule has 0 radical (unpaired) electrons. The van der Waals surface area contributed by atoms with Crippen molar-refractivity contribution in [2.24, 2.45) is 5.73 Å². The minimum Gasteiger partial charge on any atom is -0.367 e. The monoisotopic (exact) mass is 229 g/mol. The van der Waals surface area contributed by atoms with Gasteiger partial charge in [-0.1, -0.05) is 0 Å². The minimum atomic E-state index is -0.492. The lowest BCUT2D eigenvalue weighted by Crippen LogP contribution is -2.12. The number of amides is 2. The molecular formula is C12H11N3O2. The third-order valence-corrected chi connectivity index (χ3v) is 2.29. The van der Waals surface area contributed by atoms with Crippen LogP contribution in [0.2, 0.25) is 0 Å². The average molecular weight is 229 g/mol. The highest BCUT2D eigenvalue weighted by Gasteiger charge is 2.06. The van der Waals surface area contributed by atoms with Crippen LogP contribution in [0.15, 0.2) is 42.7 Å². The molecule has 0 spiro atoms. The number of carbonyl (C=O) groups excluding carboxylic acids is 2. The molecule has 5 heteroatoms. The van der Waals surface area contributed by atoms with Gasteiger partial charge in [-0.25, -0.2) is 0 Å². The maximum atomic E-state index is 11.7. The van der Waals surface area contributed by atoms with Gasteiger partial charge in [0.1, 0.15) is 0 Å². The van der Waals surface area contributed by atoms with Gasteiger partial charge in [-0.2, -0.15) is 0 Å². The Bertz CT molecular complexity index is 529. The molecule has 0 bridgehead atoms. The number of rotatable bonds is 3. The fourth-order valence-electron chi connectivity index (χ4n) is 1.39. The first-order chi connectivity index (χ1) is 8.16. The standard InChI is InChI=1S/C12H11N3O2/c13-11(16)8-1-3-10(4-2-8)15-12(17)9-5-6-14-7-9/h1-7,14H,(H2,13,16)(H,15,17). The Labute approximate surface area is 97.6 Å². The number of carbonyl (C=O) groups is 2. The molecule has 17 heavy (non-hydrogen) atoms. The van der Waals surface area contributed by atoms with Crippen molar-refractivity contribution in [2.45, 2.75) is 0 Å². The van der Waals surface area contributed by atoms with Gasteiger partial charge in [0.25, 0.3) is 5.91 Å². The van der Waals surface area contributed by atoms with Gasteiger partial charge in [-0.3, -0.25) is 9.59 Å². The molecule has 2 rings (SSSR count). The summed E-state index contributed by atoms with van der Waals surface area (Å²) in [6, 6.07) is 8.06. The quantitative estimate of drug-likeness (QED) is 0.742. The zero-order valence-electron chi connectivity index (χ0n) is 8.94. The SMILES string of the molecule is NC(=O)c1ccc(NC(=O)c2cc[nH]c2)cc1. The molecule has 1 aromatic carbocycles. The van der Waals surface area contributed by atoms with Crippen LogP contribution in [0.1, 0.15) is 20.7 Å². The molecule has 5 nitrogen and oxygen atoms in total. The molecule has 4 N–H and O–H groups in total. The zero-order valence-corrected chi connectivity index (χ0v) is 8.94. The molecule has 0 saturated carbocycles. The van der Waals surface area contributed by atoms with Crippen molar-refractivity contribution in [2.75, 3.05) is 5.32 Å². The number of nitrogens with two attached hydrogens (primary N) is 1. The Balaban J connectivity index is 2.09. The lowest BCUT2D eigenvalue weighted by Gasteiger charge is -2.04. The molecule has 0 unspecified atom stereocenters. The van der Waals surface area contributed by atoms with Gasteiger partial charge in [0.05, 0.1) is 5.56 Å². The fourth-order valence-corrected chi connectivity index (χ4v) is 1.39. The van der Waals surface area contributed by atoms with E-state index < -0.39 is 5.91 Å². The van der Waals surface area contributed by atoms with Crippen LogP contribution in [0.5, 0.6) is 0 Å². The Morgan fingerprint density at radius 2 is 1.76 bits per heavy atom. The number of anilines is 1. The van der Waals surface area contributed by atoms with E-state index in [4.69, 9.17) is 5.73 Å². The molecule has 86 valence electrons. The number of aromatic amines is 1. The molecule has 0 fully saturated rings. The molecule has 1 heterocycles. The van der Waals surface area contributed by atoms with E-state index in [9.17, 15) is 9.59 Å². The Hall–Kier alpha value is -2.56. The Kier molecular flexibility index (Phi) is 2.91. The van der Waals surface area contributed by atoms with E-state index in [0.29, 0.717) is 16.8 Å². The van der Waals surface area contributed by atoms with Crippen LogP contribution >= 0.6 is 0 Å². The normalized spacial score (nSPS) is 9.88. The first-order valence-electron chi connectivity index (χ1n) is 5.01. The Morgan fingerprint density at radius 3 is 2.29 bits per heavy atom. The summed E-state index contributed by atoms with van der Waals surface area (Å²) in [6.07, 6.45) is 3.28. The number of primary amides is 1. The highest BCUT2D eigenvalue weighted by Crippen LogP contribution is 2.10. The van der Waals surface area contributed by atoms with Crippen molar-refractivity contribution in [1.29, 1.82) is 0 Å². The predicted octanol–water partition coefficient (Wildman–Crippen LogP) is 1.37. The third-order valence-electron chi connectivity index (χ3n) is 2.29. The van der Waals surface area contributed by atoms with Gasteiger partial charge in [-0.15, -0.1) is 0 Å². The number of H-pyrrole nitrogens is 1. The maximum Gasteiger partial charge on any atom is 0.257 e. The minimum absolute atomic E-state index is 0.210. The van der Waals surface area contributed by atoms with Crippen LogP contribution in [0, 0.1) is 0 Å². The number of hydrogen-bond donors (Lipinski definition) is 3. The fraction of sp³-hybridized carbons (Fsp3) is 0. The van der Waals surface area contributed by atoms with Crippen LogP contribution in [-0.4, -0.2) is 16.8 Å². The summed E-state index contributed by atoms with van der Waals surface area (Å²) in [7, 11) is 0. The van der Waals surface area contributed by atoms with Crippen molar-refractivity contribution < 1.29 is 9.59 Å². The van der Waals surface area contributed by atoms with E-state index in [1.165, 1.54) is 0 Å². The molecule has 0 atom stereocenters. The lowest BCUT2D eigenvalue weighted by atomic mass is 10.2. The summed E-state index contributed by atoms with van der Waals surface area (Å²) < 4.78 is 0. The van der Waals surface area contributed by atoms with Crippen LogP contribution in [0.4, 0.5) is 5.69 Å². The summed E-state index contributed by atoms with van der Waals surface area (Å²) in [5, 5.41) is 2.70. The second-order valence-corrected chi connectivity index (χ2v) is 3.50. The average Bonchev–Trinajstić information content (AvgIpc) is 2.83. The summed E-state index contributed by atoms with van der Waals surface area (Å²) in [4.78, 5) is 25.3. The highest BCUT2D eigenvalue weighted by molar-refractivity contribution is 6.04. The van der Waals surface area contributed by atoms with Gasteiger partial charge in [0.15, 0.2) is 0 Å². The molecule has 2 amide bonds. The van der Waals surface area contributed by atoms with Crippen molar-refractivity contribution in [3.8, 4) is 0 Å². The van der Waals surface area contributed by atoms with E-state index in [0.717, 1.165) is 0 Å². The smallest absolute Gasteiger partial charge is 0.257 e. The van der Waals surface area contributed by atoms with Crippen LogP contribution in [0.3, 0.4) is 0 Å². The number of nitrogens with one attached hydrogen (secondary N) is 2. The van der Waals surface area contributed by atoms with E-state index in [-0.39, 0.29) is 5.91 Å². The van der Waals surface area contributed by atoms with Crippen molar-refractivity contribution in [3.63, 3.8) is 0 Å². The van der Waals surface area contributed by atoms with E-state index in [1.54, 1.807) is 42.7 Å². The first kappa shape index (κ1) is 10.9. The van der Waals surface area contributed by atoms with Crippen LogP contribution in [-0.2, 0) is 0 Å². The second-order valence-electron chi connectivity index (χ2n) is 3.50. The summed E-state index contributed by atoms with van der Waals surface area (Å²) in [6.45, 7) is 0. The first-order valence-corrected chi connectivity index (χ1v) is 5.01. The van der Waals surface area contributed by atoms with Crippen molar-refractivity contribution in [3.05, 3.63) is 53.9 Å². The molecule has 0 aliphatic carbocycles. The summed E-state index contributed by atoms with van der Waals surface area (Å²) in [5.74, 6) is -0.702. The molecule has 0 saturated heterocycles. The van der Waals surface area contributed by atoms with E-state index in [2.05, 4.69) is 10.3 Å². The maximum absolute atomic E-state index is 11.7. The summed E-state index contributed by atoms with van der Waals surface area (Å²) >= 11 is 0. The van der Waals surface area contributed by atoms with E-state index in [1.807, 2.05) is 0 Å². The topological polar surface area (TPSA) is 88.0 Å².